The first-order valence-corrected chi connectivity index (χ1v) is 13.0. The molecule has 0 radical (unpaired) electrons. The third-order valence-electron chi connectivity index (χ3n) is 5.79. The Morgan fingerprint density at radius 2 is 1.34 bits per heavy atom. The quantitative estimate of drug-likeness (QED) is 0.334. The summed E-state index contributed by atoms with van der Waals surface area (Å²) in [6.45, 7) is 6.25. The van der Waals surface area contributed by atoms with Crippen LogP contribution in [0.4, 0.5) is 0 Å². The lowest BCUT2D eigenvalue weighted by Gasteiger charge is -2.34. The van der Waals surface area contributed by atoms with Gasteiger partial charge < -0.3 is 4.90 Å². The molecule has 168 valence electrons. The lowest BCUT2D eigenvalue weighted by atomic mass is 10.1. The molecular weight excluding hydrogens is 448 g/mol. The van der Waals surface area contributed by atoms with Crippen LogP contribution in [0.3, 0.4) is 0 Å². The van der Waals surface area contributed by atoms with E-state index in [0.717, 1.165) is 38.9 Å². The number of halogens is 1. The first-order valence-electron chi connectivity index (χ1n) is 11.4. The Hall–Kier alpha value is -0.430. The maximum Gasteiger partial charge on any atom is 0.214 e. The molecule has 0 unspecified atom stereocenters. The Bertz CT molecular complexity index is 617. The maximum absolute atomic E-state index is 12.6. The molecular formula is C23H41BrN2O2S. The smallest absolute Gasteiger partial charge is 0.214 e. The Labute approximate surface area is 189 Å². The van der Waals surface area contributed by atoms with Crippen molar-refractivity contribution in [2.45, 2.75) is 71.1 Å². The van der Waals surface area contributed by atoms with Crippen LogP contribution in [0.5, 0.6) is 0 Å². The molecule has 29 heavy (non-hydrogen) atoms. The molecule has 0 bridgehead atoms. The molecule has 1 heterocycles. The lowest BCUT2D eigenvalue weighted by molar-refractivity contribution is 0.190. The van der Waals surface area contributed by atoms with E-state index in [-0.39, 0.29) is 17.0 Å². The number of benzene rings is 1. The van der Waals surface area contributed by atoms with Gasteiger partial charge in [0.05, 0.1) is 5.75 Å². The van der Waals surface area contributed by atoms with E-state index in [1.807, 2.05) is 6.07 Å². The van der Waals surface area contributed by atoms with Gasteiger partial charge in [-0.15, -0.1) is 17.0 Å². The van der Waals surface area contributed by atoms with Crippen molar-refractivity contribution in [1.29, 1.82) is 0 Å². The molecule has 2 rings (SSSR count). The summed E-state index contributed by atoms with van der Waals surface area (Å²) in [5, 5.41) is 0. The van der Waals surface area contributed by atoms with Gasteiger partial charge >= 0.3 is 0 Å². The lowest BCUT2D eigenvalue weighted by Crippen LogP contribution is -2.49. The van der Waals surface area contributed by atoms with E-state index < -0.39 is 10.0 Å². The molecule has 1 aromatic rings. The van der Waals surface area contributed by atoms with Crippen molar-refractivity contribution in [3.63, 3.8) is 0 Å². The third-order valence-corrected chi connectivity index (χ3v) is 7.75. The molecule has 1 saturated heterocycles. The molecule has 4 nitrogen and oxygen atoms in total. The first-order chi connectivity index (χ1) is 13.6. The fourth-order valence-electron chi connectivity index (χ4n) is 3.89. The van der Waals surface area contributed by atoms with Gasteiger partial charge in [0.25, 0.3) is 0 Å². The van der Waals surface area contributed by atoms with Crippen molar-refractivity contribution in [3.8, 4) is 0 Å². The fraction of sp³-hybridized carbons (Fsp3) is 0.739. The van der Waals surface area contributed by atoms with Gasteiger partial charge in [-0.05, 0) is 18.4 Å². The zero-order chi connectivity index (χ0) is 20.1. The number of hydrogen-bond acceptors (Lipinski definition) is 3. The molecule has 0 atom stereocenters. The number of hydrogen-bond donors (Lipinski definition) is 0. The van der Waals surface area contributed by atoms with Crippen LogP contribution in [0.2, 0.25) is 0 Å². The fourth-order valence-corrected chi connectivity index (χ4v) is 5.43. The summed E-state index contributed by atoms with van der Waals surface area (Å²) < 4.78 is 26.9. The molecule has 6 heteroatoms. The molecule has 1 aliphatic rings. The third kappa shape index (κ3) is 11.0. The second kappa shape index (κ2) is 15.4. The summed E-state index contributed by atoms with van der Waals surface area (Å²) >= 11 is 0. The summed E-state index contributed by atoms with van der Waals surface area (Å²) in [6.07, 6.45) is 11.9. The van der Waals surface area contributed by atoms with E-state index in [4.69, 9.17) is 0 Å². The summed E-state index contributed by atoms with van der Waals surface area (Å²) in [5.74, 6) is 0.326. The predicted octanol–water partition coefficient (Wildman–Crippen LogP) is 5.29. The highest BCUT2D eigenvalue weighted by molar-refractivity contribution is 8.93. The molecule has 0 spiro atoms. The Morgan fingerprint density at radius 1 is 0.793 bits per heavy atom. The summed E-state index contributed by atoms with van der Waals surface area (Å²) in [5.41, 5.74) is 1.35. The Balaban J connectivity index is 0.00000420. The van der Waals surface area contributed by atoms with Gasteiger partial charge in [0.1, 0.15) is 0 Å². The van der Waals surface area contributed by atoms with Crippen LogP contribution in [0.25, 0.3) is 0 Å². The SMILES string of the molecule is Br.CCCCCCCCCCCS(=O)(=O)N1CCN(CCc2ccccc2)CC1. The van der Waals surface area contributed by atoms with Gasteiger partial charge in [-0.3, -0.25) is 0 Å². The number of unbranched alkanes of at least 4 members (excludes halogenated alkanes) is 8. The molecule has 0 amide bonds. The monoisotopic (exact) mass is 488 g/mol. The van der Waals surface area contributed by atoms with E-state index in [9.17, 15) is 8.42 Å². The molecule has 1 fully saturated rings. The van der Waals surface area contributed by atoms with Gasteiger partial charge in [-0.25, -0.2) is 8.42 Å². The normalized spacial score (nSPS) is 15.9. The standard InChI is InChI=1S/C23H40N2O2S.BrH/c1-2-3-4-5-6-7-8-9-13-22-28(26,27)25-20-18-24(19-21-25)17-16-23-14-11-10-12-15-23;/h10-12,14-15H,2-9,13,16-22H2,1H3;1H. The van der Waals surface area contributed by atoms with E-state index in [2.05, 4.69) is 36.1 Å². The second-order valence-electron chi connectivity index (χ2n) is 8.12. The minimum Gasteiger partial charge on any atom is -0.300 e. The average molecular weight is 490 g/mol. The van der Waals surface area contributed by atoms with Crippen LogP contribution in [0, 0.1) is 0 Å². The van der Waals surface area contributed by atoms with Crippen molar-refractivity contribution in [1.82, 2.24) is 9.21 Å². The van der Waals surface area contributed by atoms with E-state index in [1.54, 1.807) is 4.31 Å². The van der Waals surface area contributed by atoms with Crippen molar-refractivity contribution >= 4 is 27.0 Å². The van der Waals surface area contributed by atoms with Crippen molar-refractivity contribution in [3.05, 3.63) is 35.9 Å². The zero-order valence-corrected chi connectivity index (χ0v) is 20.8. The predicted molar refractivity (Wildman–Crippen MR) is 129 cm³/mol. The number of nitrogens with zero attached hydrogens (tertiary/aromatic N) is 2. The van der Waals surface area contributed by atoms with E-state index in [1.165, 1.54) is 50.5 Å². The van der Waals surface area contributed by atoms with Crippen LogP contribution >= 0.6 is 17.0 Å². The number of piperazine rings is 1. The minimum atomic E-state index is -3.07. The zero-order valence-electron chi connectivity index (χ0n) is 18.2. The maximum atomic E-state index is 12.6. The average Bonchev–Trinajstić information content (AvgIpc) is 2.72. The summed E-state index contributed by atoms with van der Waals surface area (Å²) in [6, 6.07) is 10.5. The van der Waals surface area contributed by atoms with Crippen LogP contribution in [0.15, 0.2) is 30.3 Å². The number of sulfonamides is 1. The highest BCUT2D eigenvalue weighted by Crippen LogP contribution is 2.13. The van der Waals surface area contributed by atoms with Crippen molar-refractivity contribution < 1.29 is 8.42 Å². The van der Waals surface area contributed by atoms with Crippen molar-refractivity contribution in [2.24, 2.45) is 0 Å². The highest BCUT2D eigenvalue weighted by Gasteiger charge is 2.26. The Morgan fingerprint density at radius 3 is 1.93 bits per heavy atom. The van der Waals surface area contributed by atoms with E-state index >= 15 is 0 Å². The topological polar surface area (TPSA) is 40.6 Å². The van der Waals surface area contributed by atoms with Crippen molar-refractivity contribution in [2.75, 3.05) is 38.5 Å². The summed E-state index contributed by atoms with van der Waals surface area (Å²) in [7, 11) is -3.07. The minimum absolute atomic E-state index is 0. The second-order valence-corrected chi connectivity index (χ2v) is 10.2. The van der Waals surface area contributed by atoms with Crippen LogP contribution < -0.4 is 0 Å². The summed E-state index contributed by atoms with van der Waals surface area (Å²) in [4.78, 5) is 2.39. The van der Waals surface area contributed by atoms with Crippen LogP contribution in [-0.4, -0.2) is 56.1 Å². The van der Waals surface area contributed by atoms with Gasteiger partial charge in [0, 0.05) is 32.7 Å². The van der Waals surface area contributed by atoms with E-state index in [0.29, 0.717) is 18.8 Å². The molecule has 0 aromatic heterocycles. The van der Waals surface area contributed by atoms with Gasteiger partial charge in [-0.2, -0.15) is 4.31 Å². The highest BCUT2D eigenvalue weighted by atomic mass is 79.9. The van der Waals surface area contributed by atoms with Crippen LogP contribution in [-0.2, 0) is 16.4 Å². The molecule has 1 aromatic carbocycles. The van der Waals surface area contributed by atoms with Gasteiger partial charge in [-0.1, -0.05) is 88.6 Å². The Kier molecular flexibility index (Phi) is 14.1. The molecule has 0 aliphatic carbocycles. The number of rotatable bonds is 14. The van der Waals surface area contributed by atoms with Crippen LogP contribution in [0.1, 0.15) is 70.3 Å². The molecule has 0 N–H and O–H groups in total. The van der Waals surface area contributed by atoms with Gasteiger partial charge in [0.15, 0.2) is 0 Å². The first kappa shape index (κ1) is 26.6. The molecule has 0 saturated carbocycles. The van der Waals surface area contributed by atoms with Gasteiger partial charge in [0.2, 0.25) is 10.0 Å². The molecule has 1 aliphatic heterocycles. The largest absolute Gasteiger partial charge is 0.300 e.